The number of amides is 2. The SMILES string of the molecule is Cc1ccc(NC(=O)N2CCCN(c3nc(CCC(C)C)nc4c3cnn4-c3cccc(Cl)c3)CC2)cc1. The van der Waals surface area contributed by atoms with Crippen LogP contribution in [-0.4, -0.2) is 56.9 Å². The lowest BCUT2D eigenvalue weighted by molar-refractivity contribution is 0.215. The van der Waals surface area contributed by atoms with Crippen molar-refractivity contribution in [3.8, 4) is 5.69 Å². The molecule has 0 radical (unpaired) electrons. The van der Waals surface area contributed by atoms with E-state index in [1.807, 2.05) is 71.2 Å². The third-order valence-corrected chi connectivity index (χ3v) is 7.07. The zero-order valence-corrected chi connectivity index (χ0v) is 22.9. The monoisotopic (exact) mass is 531 g/mol. The number of carbonyl (C=O) groups excluding carboxylic acids is 1. The fourth-order valence-corrected chi connectivity index (χ4v) is 4.86. The second-order valence-corrected chi connectivity index (χ2v) is 10.7. The highest BCUT2D eigenvalue weighted by molar-refractivity contribution is 6.30. The number of halogens is 1. The molecule has 1 N–H and O–H groups in total. The maximum Gasteiger partial charge on any atom is 0.321 e. The second kappa shape index (κ2) is 11.4. The van der Waals surface area contributed by atoms with E-state index in [2.05, 4.69) is 29.2 Å². The lowest BCUT2D eigenvalue weighted by Gasteiger charge is -2.24. The van der Waals surface area contributed by atoms with Crippen LogP contribution in [0.5, 0.6) is 0 Å². The predicted molar refractivity (Wildman–Crippen MR) is 153 cm³/mol. The van der Waals surface area contributed by atoms with Gasteiger partial charge in [-0.05, 0) is 56.0 Å². The molecular formula is C29H34ClN7O. The highest BCUT2D eigenvalue weighted by Crippen LogP contribution is 2.28. The topological polar surface area (TPSA) is 79.2 Å². The van der Waals surface area contributed by atoms with Crippen LogP contribution in [0.25, 0.3) is 16.7 Å². The molecule has 38 heavy (non-hydrogen) atoms. The Bertz CT molecular complexity index is 1420. The Labute approximate surface area is 228 Å². The average molecular weight is 532 g/mol. The Morgan fingerprint density at radius 3 is 2.63 bits per heavy atom. The number of urea groups is 1. The third kappa shape index (κ3) is 5.91. The van der Waals surface area contributed by atoms with E-state index < -0.39 is 0 Å². The van der Waals surface area contributed by atoms with Crippen molar-refractivity contribution >= 4 is 40.2 Å². The van der Waals surface area contributed by atoms with Crippen molar-refractivity contribution in [2.75, 3.05) is 36.4 Å². The molecule has 0 atom stereocenters. The van der Waals surface area contributed by atoms with Gasteiger partial charge in [-0.1, -0.05) is 49.2 Å². The Hall–Kier alpha value is -3.65. The zero-order valence-electron chi connectivity index (χ0n) is 22.2. The molecule has 0 saturated carbocycles. The minimum atomic E-state index is -0.0741. The molecule has 5 rings (SSSR count). The normalized spacial score (nSPS) is 14.2. The molecule has 2 amide bonds. The van der Waals surface area contributed by atoms with Gasteiger partial charge in [0.25, 0.3) is 0 Å². The highest BCUT2D eigenvalue weighted by atomic mass is 35.5. The fourth-order valence-electron chi connectivity index (χ4n) is 4.68. The van der Waals surface area contributed by atoms with Crippen LogP contribution < -0.4 is 10.2 Å². The number of nitrogens with zero attached hydrogens (tertiary/aromatic N) is 6. The Morgan fingerprint density at radius 2 is 1.87 bits per heavy atom. The van der Waals surface area contributed by atoms with E-state index in [-0.39, 0.29) is 6.03 Å². The fraction of sp³-hybridized carbons (Fsp3) is 0.379. The number of nitrogens with one attached hydrogen (secondary N) is 1. The van der Waals surface area contributed by atoms with Crippen LogP contribution in [0.15, 0.2) is 54.7 Å². The zero-order chi connectivity index (χ0) is 26.6. The van der Waals surface area contributed by atoms with Gasteiger partial charge in [-0.25, -0.2) is 19.4 Å². The first-order valence-electron chi connectivity index (χ1n) is 13.3. The number of anilines is 2. The molecule has 1 fully saturated rings. The van der Waals surface area contributed by atoms with Crippen LogP contribution in [0.1, 0.15) is 38.1 Å². The summed E-state index contributed by atoms with van der Waals surface area (Å²) in [5, 5.41) is 9.25. The molecule has 2 aromatic heterocycles. The van der Waals surface area contributed by atoms with Crippen molar-refractivity contribution in [1.82, 2.24) is 24.6 Å². The number of fused-ring (bicyclic) bond motifs is 1. The quantitative estimate of drug-likeness (QED) is 0.325. The summed E-state index contributed by atoms with van der Waals surface area (Å²) in [5.41, 5.74) is 3.61. The molecule has 0 bridgehead atoms. The van der Waals surface area contributed by atoms with Gasteiger partial charge >= 0.3 is 6.03 Å². The second-order valence-electron chi connectivity index (χ2n) is 10.3. The first-order valence-corrected chi connectivity index (χ1v) is 13.6. The maximum absolute atomic E-state index is 13.0. The minimum Gasteiger partial charge on any atom is -0.354 e. The van der Waals surface area contributed by atoms with E-state index >= 15 is 0 Å². The van der Waals surface area contributed by atoms with Crippen LogP contribution in [0.4, 0.5) is 16.3 Å². The molecule has 2 aromatic carbocycles. The number of aromatic nitrogens is 4. The molecule has 8 nitrogen and oxygen atoms in total. The highest BCUT2D eigenvalue weighted by Gasteiger charge is 2.24. The largest absolute Gasteiger partial charge is 0.354 e. The van der Waals surface area contributed by atoms with Gasteiger partial charge in [0.05, 0.1) is 17.3 Å². The molecule has 1 aliphatic heterocycles. The summed E-state index contributed by atoms with van der Waals surface area (Å²) in [6, 6.07) is 15.4. The van der Waals surface area contributed by atoms with Crippen LogP contribution >= 0.6 is 11.6 Å². The summed E-state index contributed by atoms with van der Waals surface area (Å²) in [5.74, 6) is 2.24. The summed E-state index contributed by atoms with van der Waals surface area (Å²) in [7, 11) is 0. The number of hydrogen-bond donors (Lipinski definition) is 1. The van der Waals surface area contributed by atoms with Crippen molar-refractivity contribution in [2.45, 2.75) is 40.0 Å². The van der Waals surface area contributed by atoms with Gasteiger partial charge in [-0.3, -0.25) is 0 Å². The van der Waals surface area contributed by atoms with E-state index in [9.17, 15) is 4.79 Å². The standard InChI is InChI=1S/C29H34ClN7O/c1-20(2)8-13-26-33-27(25-19-31-37(28(25)34-26)24-7-4-6-22(30)18-24)35-14-5-15-36(17-16-35)29(38)32-23-11-9-21(3)10-12-23/h4,6-7,9-12,18-20H,5,8,13-17H2,1-3H3,(H,32,38). The van der Waals surface area contributed by atoms with Crippen molar-refractivity contribution in [3.05, 3.63) is 71.1 Å². The van der Waals surface area contributed by atoms with Crippen LogP contribution in [0.3, 0.4) is 0 Å². The predicted octanol–water partition coefficient (Wildman–Crippen LogP) is 6.11. The van der Waals surface area contributed by atoms with Gasteiger partial charge in [0.15, 0.2) is 5.65 Å². The molecule has 0 spiro atoms. The van der Waals surface area contributed by atoms with Gasteiger partial charge in [0.1, 0.15) is 11.6 Å². The van der Waals surface area contributed by atoms with Gasteiger partial charge in [-0.2, -0.15) is 5.10 Å². The number of carbonyl (C=O) groups is 1. The summed E-state index contributed by atoms with van der Waals surface area (Å²) in [6.07, 6.45) is 4.48. The van der Waals surface area contributed by atoms with Crippen molar-refractivity contribution in [1.29, 1.82) is 0 Å². The number of benzene rings is 2. The molecule has 1 aliphatic rings. The lowest BCUT2D eigenvalue weighted by atomic mass is 10.1. The lowest BCUT2D eigenvalue weighted by Crippen LogP contribution is -2.38. The molecule has 3 heterocycles. The van der Waals surface area contributed by atoms with Crippen molar-refractivity contribution in [3.63, 3.8) is 0 Å². The van der Waals surface area contributed by atoms with E-state index in [1.54, 1.807) is 0 Å². The minimum absolute atomic E-state index is 0.0741. The average Bonchev–Trinajstić information content (AvgIpc) is 3.17. The van der Waals surface area contributed by atoms with Gasteiger partial charge in [0, 0.05) is 43.3 Å². The summed E-state index contributed by atoms with van der Waals surface area (Å²) in [6.45, 7) is 9.22. The summed E-state index contributed by atoms with van der Waals surface area (Å²) >= 11 is 6.28. The van der Waals surface area contributed by atoms with Crippen LogP contribution in [-0.2, 0) is 6.42 Å². The molecule has 4 aromatic rings. The van der Waals surface area contributed by atoms with E-state index in [1.165, 1.54) is 0 Å². The molecular weight excluding hydrogens is 498 g/mol. The Kier molecular flexibility index (Phi) is 7.79. The summed E-state index contributed by atoms with van der Waals surface area (Å²) < 4.78 is 1.84. The van der Waals surface area contributed by atoms with E-state index in [4.69, 9.17) is 21.6 Å². The third-order valence-electron chi connectivity index (χ3n) is 6.84. The molecule has 9 heteroatoms. The van der Waals surface area contributed by atoms with Gasteiger partial charge < -0.3 is 15.1 Å². The van der Waals surface area contributed by atoms with Gasteiger partial charge in [0.2, 0.25) is 0 Å². The smallest absolute Gasteiger partial charge is 0.321 e. The first-order chi connectivity index (χ1) is 18.4. The number of rotatable bonds is 6. The molecule has 1 saturated heterocycles. The Morgan fingerprint density at radius 1 is 1.05 bits per heavy atom. The van der Waals surface area contributed by atoms with E-state index in [0.29, 0.717) is 30.6 Å². The van der Waals surface area contributed by atoms with Gasteiger partial charge in [-0.15, -0.1) is 0 Å². The van der Waals surface area contributed by atoms with Crippen LogP contribution in [0.2, 0.25) is 5.02 Å². The van der Waals surface area contributed by atoms with Crippen molar-refractivity contribution < 1.29 is 4.79 Å². The molecule has 198 valence electrons. The summed E-state index contributed by atoms with van der Waals surface area (Å²) in [4.78, 5) is 27.1. The Balaban J connectivity index is 1.41. The number of aryl methyl sites for hydroxylation is 2. The number of hydrogen-bond acceptors (Lipinski definition) is 5. The maximum atomic E-state index is 13.0. The van der Waals surface area contributed by atoms with Crippen LogP contribution in [0, 0.1) is 12.8 Å². The van der Waals surface area contributed by atoms with E-state index in [0.717, 1.165) is 65.4 Å². The molecule has 0 unspecified atom stereocenters. The molecule has 0 aliphatic carbocycles. The van der Waals surface area contributed by atoms with Crippen molar-refractivity contribution in [2.24, 2.45) is 5.92 Å². The first kappa shape index (κ1) is 26.0.